The fourth-order valence-corrected chi connectivity index (χ4v) is 1.81. The average Bonchev–Trinajstić information content (AvgIpc) is 2.56. The lowest BCUT2D eigenvalue weighted by atomic mass is 10.4. The Balaban J connectivity index is 2.24. The highest BCUT2D eigenvalue weighted by Crippen LogP contribution is 2.25. The molecule has 0 bridgehead atoms. The van der Waals surface area contributed by atoms with Crippen LogP contribution in [0.3, 0.4) is 0 Å². The second-order valence-electron chi connectivity index (χ2n) is 3.01. The number of pyridine rings is 1. The zero-order chi connectivity index (χ0) is 10.8. The number of halogens is 2. The van der Waals surface area contributed by atoms with Crippen molar-refractivity contribution in [2.45, 2.75) is 0 Å². The highest BCUT2D eigenvalue weighted by molar-refractivity contribution is 9.10. The van der Waals surface area contributed by atoms with Crippen molar-refractivity contribution in [2.75, 3.05) is 5.32 Å². The normalized spacial score (nSPS) is 10.3. The van der Waals surface area contributed by atoms with Crippen molar-refractivity contribution < 1.29 is 0 Å². The smallest absolute Gasteiger partial charge is 0.149 e. The van der Waals surface area contributed by atoms with Crippen molar-refractivity contribution in [1.29, 1.82) is 0 Å². The van der Waals surface area contributed by atoms with E-state index in [2.05, 4.69) is 31.3 Å². The summed E-state index contributed by atoms with van der Waals surface area (Å²) in [6.07, 6.45) is 5.24. The lowest BCUT2D eigenvalue weighted by molar-refractivity contribution is 0.768. The van der Waals surface area contributed by atoms with Gasteiger partial charge in [0.25, 0.3) is 0 Å². The minimum atomic E-state index is 0.563. The van der Waals surface area contributed by atoms with Gasteiger partial charge in [-0.1, -0.05) is 11.6 Å². The van der Waals surface area contributed by atoms with Crippen molar-refractivity contribution >= 4 is 39.0 Å². The molecule has 0 aliphatic carbocycles. The van der Waals surface area contributed by atoms with E-state index in [0.717, 1.165) is 10.2 Å². The summed E-state index contributed by atoms with van der Waals surface area (Å²) in [6.45, 7) is 0. The first-order valence-electron chi connectivity index (χ1n) is 4.22. The molecule has 0 aromatic carbocycles. The third-order valence-corrected chi connectivity index (χ3v) is 2.50. The van der Waals surface area contributed by atoms with Crippen LogP contribution in [0.4, 0.5) is 11.5 Å². The standard InChI is InChI=1S/C9H8BrClN4/c1-15-5-7(4-13-15)14-9-8(11)2-6(10)3-12-9/h2-5H,1H3,(H,12,14). The Morgan fingerprint density at radius 3 is 2.87 bits per heavy atom. The molecule has 0 saturated carbocycles. The van der Waals surface area contributed by atoms with Gasteiger partial charge in [-0.05, 0) is 22.0 Å². The Kier molecular flexibility index (Phi) is 2.93. The Hall–Kier alpha value is -1.07. The second kappa shape index (κ2) is 4.20. The maximum Gasteiger partial charge on any atom is 0.149 e. The van der Waals surface area contributed by atoms with Crippen LogP contribution in [-0.2, 0) is 7.05 Å². The van der Waals surface area contributed by atoms with Crippen molar-refractivity contribution in [3.8, 4) is 0 Å². The van der Waals surface area contributed by atoms with Gasteiger partial charge in [-0.3, -0.25) is 4.68 Å². The summed E-state index contributed by atoms with van der Waals surface area (Å²) in [4.78, 5) is 4.16. The highest BCUT2D eigenvalue weighted by Gasteiger charge is 2.03. The number of hydrogen-bond acceptors (Lipinski definition) is 3. The lowest BCUT2D eigenvalue weighted by Gasteiger charge is -2.04. The average molecular weight is 288 g/mol. The van der Waals surface area contributed by atoms with Gasteiger partial charge in [-0.25, -0.2) is 4.98 Å². The molecule has 6 heteroatoms. The first kappa shape index (κ1) is 10.4. The molecule has 0 aliphatic rings. The van der Waals surface area contributed by atoms with Gasteiger partial charge in [0.1, 0.15) is 5.82 Å². The minimum Gasteiger partial charge on any atom is -0.336 e. The van der Waals surface area contributed by atoms with Crippen LogP contribution in [0.15, 0.2) is 29.1 Å². The first-order chi connectivity index (χ1) is 7.15. The molecule has 2 heterocycles. The van der Waals surface area contributed by atoms with Crippen LogP contribution < -0.4 is 5.32 Å². The number of aryl methyl sites for hydroxylation is 1. The molecule has 2 aromatic heterocycles. The summed E-state index contributed by atoms with van der Waals surface area (Å²) in [5.41, 5.74) is 0.856. The zero-order valence-corrected chi connectivity index (χ0v) is 10.2. The van der Waals surface area contributed by atoms with Gasteiger partial charge in [-0.15, -0.1) is 0 Å². The summed E-state index contributed by atoms with van der Waals surface area (Å²) in [5.74, 6) is 0.618. The SMILES string of the molecule is Cn1cc(Nc2ncc(Br)cc2Cl)cn1. The predicted octanol–water partition coefficient (Wildman–Crippen LogP) is 2.97. The summed E-state index contributed by atoms with van der Waals surface area (Å²) in [6, 6.07) is 1.78. The molecule has 0 spiro atoms. The molecule has 0 radical (unpaired) electrons. The van der Waals surface area contributed by atoms with Crippen molar-refractivity contribution in [2.24, 2.45) is 7.05 Å². The van der Waals surface area contributed by atoms with Crippen molar-refractivity contribution in [1.82, 2.24) is 14.8 Å². The molecule has 0 fully saturated rings. The van der Waals surface area contributed by atoms with E-state index in [9.17, 15) is 0 Å². The van der Waals surface area contributed by atoms with E-state index in [1.54, 1.807) is 23.1 Å². The molecule has 0 aliphatic heterocycles. The molecule has 0 atom stereocenters. The largest absolute Gasteiger partial charge is 0.336 e. The van der Waals surface area contributed by atoms with E-state index in [1.165, 1.54) is 0 Å². The van der Waals surface area contributed by atoms with Crippen LogP contribution in [0.25, 0.3) is 0 Å². The monoisotopic (exact) mass is 286 g/mol. The fraction of sp³-hybridized carbons (Fsp3) is 0.111. The Morgan fingerprint density at radius 1 is 1.47 bits per heavy atom. The van der Waals surface area contributed by atoms with E-state index in [4.69, 9.17) is 11.6 Å². The van der Waals surface area contributed by atoms with Gasteiger partial charge in [-0.2, -0.15) is 5.10 Å². The van der Waals surface area contributed by atoms with Gasteiger partial charge in [0.05, 0.1) is 16.9 Å². The number of anilines is 2. The number of nitrogens with zero attached hydrogens (tertiary/aromatic N) is 3. The Morgan fingerprint density at radius 2 is 2.27 bits per heavy atom. The summed E-state index contributed by atoms with van der Waals surface area (Å²) < 4.78 is 2.55. The molecule has 0 amide bonds. The molecule has 2 aromatic rings. The van der Waals surface area contributed by atoms with Gasteiger partial charge >= 0.3 is 0 Å². The second-order valence-corrected chi connectivity index (χ2v) is 4.33. The molecule has 2 rings (SSSR count). The van der Waals surface area contributed by atoms with Crippen LogP contribution in [0.2, 0.25) is 5.02 Å². The van der Waals surface area contributed by atoms with Crippen LogP contribution in [0.5, 0.6) is 0 Å². The summed E-state index contributed by atoms with van der Waals surface area (Å²) in [5, 5.41) is 7.67. The van der Waals surface area contributed by atoms with Crippen molar-refractivity contribution in [3.05, 3.63) is 34.2 Å². The number of aromatic nitrogens is 3. The molecule has 15 heavy (non-hydrogen) atoms. The number of rotatable bonds is 2. The molecular formula is C9H8BrClN4. The van der Waals surface area contributed by atoms with E-state index < -0.39 is 0 Å². The van der Waals surface area contributed by atoms with E-state index in [0.29, 0.717) is 10.8 Å². The fourth-order valence-electron chi connectivity index (χ4n) is 1.13. The minimum absolute atomic E-state index is 0.563. The predicted molar refractivity (Wildman–Crippen MR) is 63.4 cm³/mol. The van der Waals surface area contributed by atoms with Crippen molar-refractivity contribution in [3.63, 3.8) is 0 Å². The molecule has 78 valence electrons. The summed E-state index contributed by atoms with van der Waals surface area (Å²) in [7, 11) is 1.85. The van der Waals surface area contributed by atoms with Gasteiger partial charge < -0.3 is 5.32 Å². The van der Waals surface area contributed by atoms with Gasteiger partial charge in [0.15, 0.2) is 0 Å². The molecule has 0 unspecified atom stereocenters. The number of hydrogen-bond donors (Lipinski definition) is 1. The first-order valence-corrected chi connectivity index (χ1v) is 5.39. The molecule has 4 nitrogen and oxygen atoms in total. The van der Waals surface area contributed by atoms with Crippen LogP contribution in [0.1, 0.15) is 0 Å². The van der Waals surface area contributed by atoms with E-state index >= 15 is 0 Å². The maximum absolute atomic E-state index is 6.00. The molecule has 0 saturated heterocycles. The number of nitrogens with one attached hydrogen (secondary N) is 1. The Labute approximate surface area is 100 Å². The third kappa shape index (κ3) is 2.49. The van der Waals surface area contributed by atoms with Gasteiger partial charge in [0, 0.05) is 23.9 Å². The van der Waals surface area contributed by atoms with E-state index in [1.807, 2.05) is 13.2 Å². The van der Waals surface area contributed by atoms with Gasteiger partial charge in [0.2, 0.25) is 0 Å². The quantitative estimate of drug-likeness (QED) is 0.923. The van der Waals surface area contributed by atoms with Crippen LogP contribution in [0, 0.1) is 0 Å². The molecule has 1 N–H and O–H groups in total. The third-order valence-electron chi connectivity index (χ3n) is 1.78. The Bertz CT molecular complexity index is 483. The van der Waals surface area contributed by atoms with Crippen LogP contribution in [-0.4, -0.2) is 14.8 Å². The maximum atomic E-state index is 6.00. The highest BCUT2D eigenvalue weighted by atomic mass is 79.9. The summed E-state index contributed by atoms with van der Waals surface area (Å²) >= 11 is 9.30. The molecular weight excluding hydrogens is 279 g/mol. The van der Waals surface area contributed by atoms with E-state index in [-0.39, 0.29) is 0 Å². The topological polar surface area (TPSA) is 42.7 Å². The van der Waals surface area contributed by atoms with Crippen LogP contribution >= 0.6 is 27.5 Å². The zero-order valence-electron chi connectivity index (χ0n) is 7.91. The lowest BCUT2D eigenvalue weighted by Crippen LogP contribution is -1.93.